The van der Waals surface area contributed by atoms with Gasteiger partial charge in [0, 0.05) is 25.4 Å². The number of carbonyl (C=O) groups is 1. The summed E-state index contributed by atoms with van der Waals surface area (Å²) in [4.78, 5) is 18.8. The summed E-state index contributed by atoms with van der Waals surface area (Å²) in [5.41, 5.74) is 2.09. The highest BCUT2D eigenvalue weighted by Gasteiger charge is 2.27. The summed E-state index contributed by atoms with van der Waals surface area (Å²) in [6.07, 6.45) is 2.52. The molecule has 0 bridgehead atoms. The third kappa shape index (κ3) is 5.23. The van der Waals surface area contributed by atoms with Gasteiger partial charge >= 0.3 is 0 Å². The molecule has 1 aromatic heterocycles. The van der Waals surface area contributed by atoms with Gasteiger partial charge in [0.1, 0.15) is 11.6 Å². The van der Waals surface area contributed by atoms with Gasteiger partial charge in [0.05, 0.1) is 16.9 Å². The Morgan fingerprint density at radius 3 is 2.38 bits per heavy atom. The summed E-state index contributed by atoms with van der Waals surface area (Å²) in [7, 11) is -4.14. The predicted octanol–water partition coefficient (Wildman–Crippen LogP) is 4.08. The molecule has 1 saturated heterocycles. The minimum Gasteiger partial charge on any atom is -0.352 e. The monoisotopic (exact) mass is 486 g/mol. The highest BCUT2D eigenvalue weighted by Crippen LogP contribution is 2.31. The van der Waals surface area contributed by atoms with E-state index in [4.69, 9.17) is 5.14 Å². The van der Waals surface area contributed by atoms with Crippen LogP contribution in [0.5, 0.6) is 0 Å². The van der Waals surface area contributed by atoms with Gasteiger partial charge in [-0.25, -0.2) is 27.3 Å². The van der Waals surface area contributed by atoms with Crippen LogP contribution in [0.4, 0.5) is 20.2 Å². The molecule has 1 aliphatic heterocycles. The SMILES string of the molecule is Cc1ccc(F)c(Nc2cc(S(N)(=O)=O)ncc2C(=O)N2CCC(c3ccc(F)cc3)CC2)c1. The Bertz CT molecular complexity index is 1320. The third-order valence-corrected chi connectivity index (χ3v) is 6.72. The average molecular weight is 487 g/mol. The molecule has 0 atom stereocenters. The van der Waals surface area contributed by atoms with Crippen LogP contribution < -0.4 is 10.5 Å². The first-order valence-electron chi connectivity index (χ1n) is 10.7. The van der Waals surface area contributed by atoms with Crippen molar-refractivity contribution in [1.82, 2.24) is 9.88 Å². The average Bonchev–Trinajstić information content (AvgIpc) is 2.81. The van der Waals surface area contributed by atoms with Gasteiger partial charge < -0.3 is 10.2 Å². The van der Waals surface area contributed by atoms with Crippen LogP contribution in [0.25, 0.3) is 0 Å². The number of aromatic nitrogens is 1. The highest BCUT2D eigenvalue weighted by atomic mass is 32.2. The molecule has 178 valence electrons. The summed E-state index contributed by atoms with van der Waals surface area (Å²) in [5.74, 6) is -1.01. The molecule has 10 heteroatoms. The largest absolute Gasteiger partial charge is 0.352 e. The first-order chi connectivity index (χ1) is 16.1. The molecular formula is C24H24F2N4O3S. The summed E-state index contributed by atoms with van der Waals surface area (Å²) in [6, 6.07) is 11.9. The van der Waals surface area contributed by atoms with Gasteiger partial charge in [-0.15, -0.1) is 0 Å². The van der Waals surface area contributed by atoms with Crippen LogP contribution in [0.2, 0.25) is 0 Å². The van der Waals surface area contributed by atoms with Gasteiger partial charge in [-0.1, -0.05) is 18.2 Å². The molecular weight excluding hydrogens is 462 g/mol. The molecule has 0 unspecified atom stereocenters. The number of sulfonamides is 1. The summed E-state index contributed by atoms with van der Waals surface area (Å²) < 4.78 is 51.2. The maximum absolute atomic E-state index is 14.4. The number of hydrogen-bond donors (Lipinski definition) is 2. The number of nitrogens with zero attached hydrogens (tertiary/aromatic N) is 2. The molecule has 4 rings (SSSR count). The van der Waals surface area contributed by atoms with E-state index in [-0.39, 0.29) is 34.6 Å². The summed E-state index contributed by atoms with van der Waals surface area (Å²) in [5, 5.41) is 7.61. The Morgan fingerprint density at radius 2 is 1.74 bits per heavy atom. The van der Waals surface area contributed by atoms with Crippen LogP contribution in [0.3, 0.4) is 0 Å². The fraction of sp³-hybridized carbons (Fsp3) is 0.250. The maximum Gasteiger partial charge on any atom is 0.257 e. The molecule has 2 heterocycles. The molecule has 7 nitrogen and oxygen atoms in total. The van der Waals surface area contributed by atoms with E-state index in [1.165, 1.54) is 18.2 Å². The lowest BCUT2D eigenvalue weighted by molar-refractivity contribution is 0.0713. The Balaban J connectivity index is 1.59. The minimum atomic E-state index is -4.14. The van der Waals surface area contributed by atoms with E-state index >= 15 is 0 Å². The van der Waals surface area contributed by atoms with Crippen LogP contribution in [0, 0.1) is 18.6 Å². The van der Waals surface area contributed by atoms with E-state index in [1.54, 1.807) is 36.1 Å². The molecule has 0 radical (unpaired) electrons. The van der Waals surface area contributed by atoms with Crippen molar-refractivity contribution in [1.29, 1.82) is 0 Å². The number of halogens is 2. The van der Waals surface area contributed by atoms with Crippen LogP contribution in [-0.2, 0) is 10.0 Å². The number of amides is 1. The van der Waals surface area contributed by atoms with Gasteiger partial charge in [-0.3, -0.25) is 4.79 Å². The number of piperidine rings is 1. The quantitative estimate of drug-likeness (QED) is 0.565. The Morgan fingerprint density at radius 1 is 1.06 bits per heavy atom. The van der Waals surface area contributed by atoms with Crippen molar-refractivity contribution in [2.75, 3.05) is 18.4 Å². The Hall–Kier alpha value is -3.37. The van der Waals surface area contributed by atoms with Crippen LogP contribution in [0.1, 0.15) is 40.2 Å². The van der Waals surface area contributed by atoms with Gasteiger partial charge in [-0.2, -0.15) is 0 Å². The Labute approximate surface area is 196 Å². The second kappa shape index (κ2) is 9.47. The number of rotatable bonds is 5. The first-order valence-corrected chi connectivity index (χ1v) is 12.3. The molecule has 34 heavy (non-hydrogen) atoms. The lowest BCUT2D eigenvalue weighted by Crippen LogP contribution is -2.38. The number of likely N-dealkylation sites (tertiary alicyclic amines) is 1. The van der Waals surface area contributed by atoms with Crippen molar-refractivity contribution in [3.05, 3.63) is 83.1 Å². The van der Waals surface area contributed by atoms with Crippen LogP contribution >= 0.6 is 0 Å². The number of benzene rings is 2. The molecule has 3 N–H and O–H groups in total. The minimum absolute atomic E-state index is 0.0918. The second-order valence-electron chi connectivity index (χ2n) is 8.34. The first kappa shape index (κ1) is 23.8. The summed E-state index contributed by atoms with van der Waals surface area (Å²) >= 11 is 0. The smallest absolute Gasteiger partial charge is 0.257 e. The number of pyridine rings is 1. The number of anilines is 2. The van der Waals surface area contributed by atoms with E-state index < -0.39 is 20.9 Å². The third-order valence-electron chi connectivity index (χ3n) is 5.92. The van der Waals surface area contributed by atoms with Gasteiger partial charge in [0.15, 0.2) is 5.03 Å². The zero-order valence-corrected chi connectivity index (χ0v) is 19.3. The molecule has 3 aromatic rings. The number of primary sulfonamides is 1. The van der Waals surface area contributed by atoms with E-state index in [0.29, 0.717) is 25.9 Å². The van der Waals surface area contributed by atoms with Gasteiger partial charge in [-0.05, 0) is 61.1 Å². The molecule has 1 aliphatic rings. The standard InChI is InChI=1S/C24H24F2N4O3S/c1-15-2-7-20(26)22(12-15)29-21-13-23(34(27,32)33)28-14-19(21)24(31)30-10-8-17(9-11-30)16-3-5-18(25)6-4-16/h2-7,12-14,17H,8-11H2,1H3,(H,28,29)(H2,27,32,33). The highest BCUT2D eigenvalue weighted by molar-refractivity contribution is 7.89. The predicted molar refractivity (Wildman–Crippen MR) is 124 cm³/mol. The van der Waals surface area contributed by atoms with Crippen LogP contribution in [-0.4, -0.2) is 37.3 Å². The van der Waals surface area contributed by atoms with Crippen molar-refractivity contribution < 1.29 is 22.0 Å². The van der Waals surface area contributed by atoms with Crippen molar-refractivity contribution in [2.45, 2.75) is 30.7 Å². The molecule has 1 amide bonds. The summed E-state index contributed by atoms with van der Waals surface area (Å²) in [6.45, 7) is 2.69. The normalized spacial score (nSPS) is 14.8. The van der Waals surface area contributed by atoms with Gasteiger partial charge in [0.25, 0.3) is 15.9 Å². The van der Waals surface area contributed by atoms with Crippen molar-refractivity contribution >= 4 is 27.3 Å². The fourth-order valence-corrected chi connectivity index (χ4v) is 4.55. The number of aryl methyl sites for hydroxylation is 1. The molecule has 0 aliphatic carbocycles. The molecule has 1 fully saturated rings. The van der Waals surface area contributed by atoms with E-state index in [0.717, 1.165) is 23.4 Å². The zero-order valence-electron chi connectivity index (χ0n) is 18.5. The zero-order chi connectivity index (χ0) is 24.5. The Kier molecular flexibility index (Phi) is 6.63. The molecule has 2 aromatic carbocycles. The van der Waals surface area contributed by atoms with E-state index in [1.807, 2.05) is 0 Å². The topological polar surface area (TPSA) is 105 Å². The van der Waals surface area contributed by atoms with Gasteiger partial charge in [0.2, 0.25) is 0 Å². The lowest BCUT2D eigenvalue weighted by atomic mass is 9.89. The maximum atomic E-state index is 14.4. The van der Waals surface area contributed by atoms with Crippen molar-refractivity contribution in [3.63, 3.8) is 0 Å². The molecule has 0 saturated carbocycles. The van der Waals surface area contributed by atoms with E-state index in [9.17, 15) is 22.0 Å². The molecule has 0 spiro atoms. The second-order valence-corrected chi connectivity index (χ2v) is 9.85. The fourth-order valence-electron chi connectivity index (χ4n) is 4.07. The van der Waals surface area contributed by atoms with Crippen LogP contribution in [0.15, 0.2) is 59.8 Å². The number of nitrogens with one attached hydrogen (secondary N) is 1. The number of carbonyl (C=O) groups excluding carboxylic acids is 1. The van der Waals surface area contributed by atoms with E-state index in [2.05, 4.69) is 10.3 Å². The lowest BCUT2D eigenvalue weighted by Gasteiger charge is -2.32. The van der Waals surface area contributed by atoms with Crippen molar-refractivity contribution in [3.8, 4) is 0 Å². The van der Waals surface area contributed by atoms with Crippen molar-refractivity contribution in [2.24, 2.45) is 5.14 Å². The number of hydrogen-bond acceptors (Lipinski definition) is 5. The number of nitrogens with two attached hydrogens (primary N) is 1.